The van der Waals surface area contributed by atoms with Crippen molar-refractivity contribution in [2.24, 2.45) is 5.73 Å². The number of aromatic amines is 1. The molecule has 0 spiro atoms. The summed E-state index contributed by atoms with van der Waals surface area (Å²) in [5, 5.41) is 14.0. The highest BCUT2D eigenvalue weighted by atomic mass is 16.2. The third-order valence-corrected chi connectivity index (χ3v) is 3.21. The fourth-order valence-corrected chi connectivity index (χ4v) is 2.03. The Morgan fingerprint density at radius 2 is 1.96 bits per heavy atom. The number of rotatable bonds is 4. The Balaban J connectivity index is 2.09. The van der Waals surface area contributed by atoms with E-state index in [0.29, 0.717) is 5.69 Å². The SMILES string of the molecule is CC(C)(NC(N)=O)c1ccc(NC(=O)c2ncc(C#N)[nH]2)cc1. The molecular weight excluding hydrogens is 296 g/mol. The van der Waals surface area contributed by atoms with E-state index in [1.807, 2.05) is 19.9 Å². The van der Waals surface area contributed by atoms with E-state index in [1.165, 1.54) is 6.20 Å². The highest BCUT2D eigenvalue weighted by Crippen LogP contribution is 2.21. The largest absolute Gasteiger partial charge is 0.352 e. The lowest BCUT2D eigenvalue weighted by Crippen LogP contribution is -2.43. The maximum absolute atomic E-state index is 12.0. The number of aromatic nitrogens is 2. The predicted octanol–water partition coefficient (Wildman–Crippen LogP) is 1.44. The van der Waals surface area contributed by atoms with Gasteiger partial charge in [-0.3, -0.25) is 4.79 Å². The van der Waals surface area contributed by atoms with Gasteiger partial charge in [0.15, 0.2) is 5.82 Å². The zero-order chi connectivity index (χ0) is 17.0. The average molecular weight is 312 g/mol. The van der Waals surface area contributed by atoms with Gasteiger partial charge in [0.2, 0.25) is 0 Å². The fraction of sp³-hybridized carbons (Fsp3) is 0.200. The summed E-state index contributed by atoms with van der Waals surface area (Å²) in [6.07, 6.45) is 1.29. The Hall–Kier alpha value is -3.34. The van der Waals surface area contributed by atoms with Crippen molar-refractivity contribution in [1.82, 2.24) is 15.3 Å². The molecule has 8 heteroatoms. The van der Waals surface area contributed by atoms with Crippen LogP contribution in [0.25, 0.3) is 0 Å². The predicted molar refractivity (Wildman–Crippen MR) is 83.4 cm³/mol. The van der Waals surface area contributed by atoms with Crippen molar-refractivity contribution in [3.05, 3.63) is 47.5 Å². The van der Waals surface area contributed by atoms with Crippen LogP contribution in [0.3, 0.4) is 0 Å². The molecule has 0 bridgehead atoms. The molecule has 0 saturated heterocycles. The van der Waals surface area contributed by atoms with Crippen molar-refractivity contribution < 1.29 is 9.59 Å². The van der Waals surface area contributed by atoms with Gasteiger partial charge >= 0.3 is 6.03 Å². The Bertz CT molecular complexity index is 770. The van der Waals surface area contributed by atoms with Gasteiger partial charge in [0.1, 0.15) is 11.8 Å². The van der Waals surface area contributed by atoms with Crippen molar-refractivity contribution in [3.8, 4) is 6.07 Å². The first-order valence-corrected chi connectivity index (χ1v) is 6.76. The topological polar surface area (TPSA) is 137 Å². The molecule has 118 valence electrons. The summed E-state index contributed by atoms with van der Waals surface area (Å²) >= 11 is 0. The van der Waals surface area contributed by atoms with Gasteiger partial charge in [0.05, 0.1) is 11.7 Å². The Labute approximate surface area is 132 Å². The number of benzene rings is 1. The molecule has 8 nitrogen and oxygen atoms in total. The first kappa shape index (κ1) is 16.0. The van der Waals surface area contributed by atoms with Crippen molar-refractivity contribution in [3.63, 3.8) is 0 Å². The molecule has 0 saturated carbocycles. The molecule has 1 heterocycles. The summed E-state index contributed by atoms with van der Waals surface area (Å²) in [4.78, 5) is 29.4. The van der Waals surface area contributed by atoms with Gasteiger partial charge in [-0.25, -0.2) is 9.78 Å². The standard InChI is InChI=1S/C15H16N6O2/c1-15(2,21-14(17)23)9-3-5-10(6-4-9)20-13(22)12-18-8-11(7-16)19-12/h3-6,8H,1-2H3,(H,18,19)(H,20,22)(H3,17,21,23). The van der Waals surface area contributed by atoms with Gasteiger partial charge < -0.3 is 21.4 Å². The van der Waals surface area contributed by atoms with Gasteiger partial charge in [-0.05, 0) is 31.5 Å². The second kappa shape index (κ2) is 6.19. The second-order valence-corrected chi connectivity index (χ2v) is 5.40. The van der Waals surface area contributed by atoms with Crippen LogP contribution in [-0.4, -0.2) is 21.9 Å². The lowest BCUT2D eigenvalue weighted by Gasteiger charge is -2.26. The smallest absolute Gasteiger partial charge is 0.312 e. The first-order chi connectivity index (χ1) is 10.8. The lowest BCUT2D eigenvalue weighted by molar-refractivity contribution is 0.101. The van der Waals surface area contributed by atoms with Crippen LogP contribution < -0.4 is 16.4 Å². The minimum Gasteiger partial charge on any atom is -0.352 e. The van der Waals surface area contributed by atoms with Crippen LogP contribution in [0.5, 0.6) is 0 Å². The van der Waals surface area contributed by atoms with Crippen LogP contribution in [0.15, 0.2) is 30.5 Å². The van der Waals surface area contributed by atoms with Crippen LogP contribution >= 0.6 is 0 Å². The third-order valence-electron chi connectivity index (χ3n) is 3.21. The van der Waals surface area contributed by atoms with Crippen LogP contribution in [0.4, 0.5) is 10.5 Å². The molecule has 0 aliphatic rings. The quantitative estimate of drug-likeness (QED) is 0.678. The molecule has 0 atom stereocenters. The number of nitrogens with two attached hydrogens (primary N) is 1. The molecular formula is C15H16N6O2. The molecule has 0 fully saturated rings. The molecule has 2 rings (SSSR count). The van der Waals surface area contributed by atoms with Crippen molar-refractivity contribution >= 4 is 17.6 Å². The Kier molecular flexibility index (Phi) is 4.32. The summed E-state index contributed by atoms with van der Waals surface area (Å²) in [7, 11) is 0. The zero-order valence-corrected chi connectivity index (χ0v) is 12.7. The van der Waals surface area contributed by atoms with Crippen LogP contribution in [0.1, 0.15) is 35.7 Å². The van der Waals surface area contributed by atoms with E-state index in [4.69, 9.17) is 11.0 Å². The first-order valence-electron chi connectivity index (χ1n) is 6.76. The number of carbonyl (C=O) groups is 2. The highest BCUT2D eigenvalue weighted by molar-refractivity contribution is 6.01. The van der Waals surface area contributed by atoms with Crippen molar-refractivity contribution in [1.29, 1.82) is 5.26 Å². The summed E-state index contributed by atoms with van der Waals surface area (Å²) in [6.45, 7) is 3.63. The summed E-state index contributed by atoms with van der Waals surface area (Å²) in [5.74, 6) is -0.393. The van der Waals surface area contributed by atoms with E-state index in [1.54, 1.807) is 24.3 Å². The zero-order valence-electron chi connectivity index (χ0n) is 12.7. The highest BCUT2D eigenvalue weighted by Gasteiger charge is 2.21. The number of nitrogens with one attached hydrogen (secondary N) is 3. The molecule has 5 N–H and O–H groups in total. The summed E-state index contributed by atoms with van der Waals surface area (Å²) in [5.41, 5.74) is 6.13. The minimum atomic E-state index is -0.628. The number of anilines is 1. The minimum absolute atomic E-state index is 0.0568. The summed E-state index contributed by atoms with van der Waals surface area (Å²) in [6, 6.07) is 8.20. The normalized spacial score (nSPS) is 10.7. The average Bonchev–Trinajstić information content (AvgIpc) is 2.95. The lowest BCUT2D eigenvalue weighted by atomic mass is 9.94. The number of amides is 3. The molecule has 3 amide bonds. The molecule has 0 radical (unpaired) electrons. The molecule has 1 aromatic heterocycles. The van der Waals surface area contributed by atoms with Gasteiger partial charge in [0, 0.05) is 5.69 Å². The fourth-order valence-electron chi connectivity index (χ4n) is 2.03. The van der Waals surface area contributed by atoms with Gasteiger partial charge in [-0.2, -0.15) is 5.26 Å². The van der Waals surface area contributed by atoms with E-state index >= 15 is 0 Å². The Morgan fingerprint density at radius 3 is 2.48 bits per heavy atom. The van der Waals surface area contributed by atoms with Gasteiger partial charge in [0.25, 0.3) is 5.91 Å². The maximum atomic E-state index is 12.0. The van der Waals surface area contributed by atoms with E-state index in [0.717, 1.165) is 5.56 Å². The van der Waals surface area contributed by atoms with E-state index in [9.17, 15) is 9.59 Å². The molecule has 1 aromatic carbocycles. The molecule has 0 aliphatic heterocycles. The van der Waals surface area contributed by atoms with Crippen LogP contribution in [-0.2, 0) is 5.54 Å². The number of primary amides is 1. The maximum Gasteiger partial charge on any atom is 0.312 e. The number of nitriles is 1. The second-order valence-electron chi connectivity index (χ2n) is 5.40. The molecule has 0 unspecified atom stereocenters. The molecule has 23 heavy (non-hydrogen) atoms. The van der Waals surface area contributed by atoms with E-state index < -0.39 is 17.5 Å². The third kappa shape index (κ3) is 3.85. The monoisotopic (exact) mass is 312 g/mol. The number of imidazole rings is 1. The van der Waals surface area contributed by atoms with Gasteiger partial charge in [-0.1, -0.05) is 12.1 Å². The van der Waals surface area contributed by atoms with E-state index in [-0.39, 0.29) is 11.5 Å². The van der Waals surface area contributed by atoms with Crippen LogP contribution in [0.2, 0.25) is 0 Å². The number of nitrogens with zero attached hydrogens (tertiary/aromatic N) is 2. The molecule has 2 aromatic rings. The van der Waals surface area contributed by atoms with Crippen molar-refractivity contribution in [2.75, 3.05) is 5.32 Å². The van der Waals surface area contributed by atoms with Crippen LogP contribution in [0, 0.1) is 11.3 Å². The van der Waals surface area contributed by atoms with E-state index in [2.05, 4.69) is 20.6 Å². The number of carbonyl (C=O) groups excluding carboxylic acids is 2. The number of hydrogen-bond acceptors (Lipinski definition) is 4. The molecule has 0 aliphatic carbocycles. The Morgan fingerprint density at radius 1 is 1.30 bits per heavy atom. The van der Waals surface area contributed by atoms with Gasteiger partial charge in [-0.15, -0.1) is 0 Å². The number of urea groups is 1. The summed E-state index contributed by atoms with van der Waals surface area (Å²) < 4.78 is 0. The number of hydrogen-bond donors (Lipinski definition) is 4. The van der Waals surface area contributed by atoms with Crippen molar-refractivity contribution in [2.45, 2.75) is 19.4 Å². The number of H-pyrrole nitrogens is 1.